The smallest absolute Gasteiger partial charge is 0.257 e. The summed E-state index contributed by atoms with van der Waals surface area (Å²) in [6.07, 6.45) is 0.748. The van der Waals surface area contributed by atoms with Crippen molar-refractivity contribution in [2.24, 2.45) is 0 Å². The molecule has 3 heterocycles. The lowest BCUT2D eigenvalue weighted by atomic mass is 10.2. The number of amides is 1. The molecule has 138 valence electrons. The van der Waals surface area contributed by atoms with Gasteiger partial charge in [0.15, 0.2) is 0 Å². The fourth-order valence-corrected chi connectivity index (χ4v) is 4.00. The number of aryl methyl sites for hydroxylation is 2. The average molecular weight is 400 g/mol. The summed E-state index contributed by atoms with van der Waals surface area (Å²) in [7, 11) is 1.79. The molecular weight excluding hydrogens is 382 g/mol. The first-order valence-corrected chi connectivity index (χ1v) is 9.97. The summed E-state index contributed by atoms with van der Waals surface area (Å²) in [5, 5.41) is 8.12. The van der Waals surface area contributed by atoms with Crippen LogP contribution in [0.5, 0.6) is 0 Å². The average Bonchev–Trinajstić information content (AvgIpc) is 3.39. The molecule has 9 heteroatoms. The Hall–Kier alpha value is -2.65. The van der Waals surface area contributed by atoms with Gasteiger partial charge in [-0.25, -0.2) is 0 Å². The van der Waals surface area contributed by atoms with Crippen LogP contribution in [0, 0.1) is 6.92 Å². The third-order valence-corrected chi connectivity index (χ3v) is 5.68. The Morgan fingerprint density at radius 2 is 2.00 bits per heavy atom. The molecule has 0 N–H and O–H groups in total. The van der Waals surface area contributed by atoms with Crippen LogP contribution in [-0.2, 0) is 17.8 Å². The molecule has 0 saturated carbocycles. The number of carbonyl (C=O) groups excluding carboxylic acids is 1. The zero-order chi connectivity index (χ0) is 18.8. The minimum atomic E-state index is 0.0261. The summed E-state index contributed by atoms with van der Waals surface area (Å²) in [5.74, 6) is 1.01. The number of thiophene rings is 1. The van der Waals surface area contributed by atoms with E-state index in [9.17, 15) is 4.79 Å². The highest BCUT2D eigenvalue weighted by Crippen LogP contribution is 2.26. The number of carbonyl (C=O) groups is 1. The van der Waals surface area contributed by atoms with Crippen molar-refractivity contribution >= 4 is 40.0 Å². The first-order chi connectivity index (χ1) is 13.1. The van der Waals surface area contributed by atoms with Gasteiger partial charge in [-0.3, -0.25) is 4.79 Å². The lowest BCUT2D eigenvalue weighted by Crippen LogP contribution is -2.26. The van der Waals surface area contributed by atoms with Gasteiger partial charge in [-0.15, -0.1) is 21.5 Å². The van der Waals surface area contributed by atoms with Crippen LogP contribution in [-0.4, -0.2) is 36.8 Å². The molecule has 0 aliphatic carbocycles. The molecule has 7 nitrogen and oxygen atoms in total. The maximum atomic E-state index is 12.4. The Morgan fingerprint density at radius 3 is 2.81 bits per heavy atom. The predicted octanol–water partition coefficient (Wildman–Crippen LogP) is 3.70. The van der Waals surface area contributed by atoms with Gasteiger partial charge in [0.1, 0.15) is 11.0 Å². The second-order valence-electron chi connectivity index (χ2n) is 6.25. The molecule has 1 amide bonds. The standard InChI is InChI=1S/C18H17N5O2S2/c1-11-3-6-15(26-11)18-20-19-16(25-18)7-8-17(24)23(2)10-12-4-5-13-14(9-12)22-27-21-13/h3-6,9H,7-8,10H2,1-2H3. The maximum Gasteiger partial charge on any atom is 0.257 e. The van der Waals surface area contributed by atoms with E-state index < -0.39 is 0 Å². The summed E-state index contributed by atoms with van der Waals surface area (Å²) in [4.78, 5) is 16.3. The number of fused-ring (bicyclic) bond motifs is 1. The number of nitrogens with zero attached hydrogens (tertiary/aromatic N) is 5. The molecule has 0 bridgehead atoms. The zero-order valence-electron chi connectivity index (χ0n) is 14.9. The SMILES string of the molecule is Cc1ccc(-c2nnc(CCC(=O)N(C)Cc3ccc4nsnc4c3)o2)s1. The van der Waals surface area contributed by atoms with Gasteiger partial charge in [-0.1, -0.05) is 6.07 Å². The third kappa shape index (κ3) is 4.04. The van der Waals surface area contributed by atoms with Crippen LogP contribution < -0.4 is 0 Å². The van der Waals surface area contributed by atoms with Gasteiger partial charge in [0.05, 0.1) is 16.6 Å². The first-order valence-electron chi connectivity index (χ1n) is 8.43. The Kier molecular flexibility index (Phi) is 4.95. The molecule has 27 heavy (non-hydrogen) atoms. The van der Waals surface area contributed by atoms with E-state index in [0.29, 0.717) is 31.2 Å². The number of rotatable bonds is 6. The van der Waals surface area contributed by atoms with Crippen LogP contribution in [0.2, 0.25) is 0 Å². The van der Waals surface area contributed by atoms with E-state index >= 15 is 0 Å². The summed E-state index contributed by atoms with van der Waals surface area (Å²) in [6.45, 7) is 2.55. The lowest BCUT2D eigenvalue weighted by molar-refractivity contribution is -0.130. The van der Waals surface area contributed by atoms with Gasteiger partial charge in [-0.2, -0.15) is 8.75 Å². The summed E-state index contributed by atoms with van der Waals surface area (Å²) >= 11 is 2.80. The van der Waals surface area contributed by atoms with Gasteiger partial charge in [0, 0.05) is 31.3 Å². The van der Waals surface area contributed by atoms with Crippen molar-refractivity contribution < 1.29 is 9.21 Å². The summed E-state index contributed by atoms with van der Waals surface area (Å²) in [5.41, 5.74) is 2.77. The lowest BCUT2D eigenvalue weighted by Gasteiger charge is -2.16. The van der Waals surface area contributed by atoms with Crippen molar-refractivity contribution in [3.05, 3.63) is 46.7 Å². The van der Waals surface area contributed by atoms with Gasteiger partial charge in [-0.05, 0) is 36.8 Å². The molecule has 3 aromatic heterocycles. The third-order valence-electron chi connectivity index (χ3n) is 4.13. The normalized spacial score (nSPS) is 11.2. The molecule has 1 aromatic carbocycles. The largest absolute Gasteiger partial charge is 0.420 e. The molecule has 0 radical (unpaired) electrons. The monoisotopic (exact) mass is 399 g/mol. The van der Waals surface area contributed by atoms with Crippen molar-refractivity contribution in [1.82, 2.24) is 23.8 Å². The molecule has 0 atom stereocenters. The minimum Gasteiger partial charge on any atom is -0.420 e. The molecule has 0 aliphatic heterocycles. The second kappa shape index (κ2) is 7.53. The zero-order valence-corrected chi connectivity index (χ0v) is 16.5. The van der Waals surface area contributed by atoms with Crippen LogP contribution in [0.4, 0.5) is 0 Å². The Bertz CT molecular complexity index is 1080. The van der Waals surface area contributed by atoms with Crippen LogP contribution in [0.25, 0.3) is 21.8 Å². The van der Waals surface area contributed by atoms with E-state index in [1.165, 1.54) is 16.6 Å². The number of benzene rings is 1. The van der Waals surface area contributed by atoms with Crippen LogP contribution in [0.15, 0.2) is 34.7 Å². The number of aromatic nitrogens is 4. The number of hydrogen-bond acceptors (Lipinski definition) is 8. The van der Waals surface area contributed by atoms with E-state index in [0.717, 1.165) is 21.5 Å². The fourth-order valence-electron chi connectivity index (χ4n) is 2.70. The second-order valence-corrected chi connectivity index (χ2v) is 8.06. The van der Waals surface area contributed by atoms with Crippen molar-refractivity contribution in [2.75, 3.05) is 7.05 Å². The minimum absolute atomic E-state index is 0.0261. The Balaban J connectivity index is 1.34. The van der Waals surface area contributed by atoms with E-state index in [4.69, 9.17) is 4.42 Å². The van der Waals surface area contributed by atoms with Crippen molar-refractivity contribution in [3.8, 4) is 10.8 Å². The summed E-state index contributed by atoms with van der Waals surface area (Å²) in [6, 6.07) is 9.85. The van der Waals surface area contributed by atoms with Crippen molar-refractivity contribution in [2.45, 2.75) is 26.3 Å². The molecule has 4 rings (SSSR count). The quantitative estimate of drug-likeness (QED) is 0.491. The first kappa shape index (κ1) is 17.7. The maximum absolute atomic E-state index is 12.4. The Labute approximate surface area is 164 Å². The van der Waals surface area contributed by atoms with Gasteiger partial charge in [0.2, 0.25) is 11.8 Å². The van der Waals surface area contributed by atoms with Crippen molar-refractivity contribution in [3.63, 3.8) is 0 Å². The molecule has 0 fully saturated rings. The topological polar surface area (TPSA) is 85.0 Å². The molecule has 0 unspecified atom stereocenters. The highest BCUT2D eigenvalue weighted by atomic mass is 32.1. The van der Waals surface area contributed by atoms with Gasteiger partial charge < -0.3 is 9.32 Å². The van der Waals surface area contributed by atoms with Crippen molar-refractivity contribution in [1.29, 1.82) is 0 Å². The molecule has 4 aromatic rings. The van der Waals surface area contributed by atoms with Gasteiger partial charge in [0.25, 0.3) is 5.89 Å². The van der Waals surface area contributed by atoms with Gasteiger partial charge >= 0.3 is 0 Å². The van der Waals surface area contributed by atoms with E-state index in [1.54, 1.807) is 23.3 Å². The van der Waals surface area contributed by atoms with Crippen LogP contribution >= 0.6 is 23.1 Å². The highest BCUT2D eigenvalue weighted by Gasteiger charge is 2.14. The molecular formula is C18H17N5O2S2. The molecule has 0 aliphatic rings. The summed E-state index contributed by atoms with van der Waals surface area (Å²) < 4.78 is 14.1. The fraction of sp³-hybridized carbons (Fsp3) is 0.278. The number of hydrogen-bond donors (Lipinski definition) is 0. The van der Waals surface area contributed by atoms with E-state index in [-0.39, 0.29) is 5.91 Å². The van der Waals surface area contributed by atoms with E-state index in [2.05, 4.69) is 18.9 Å². The predicted molar refractivity (Wildman–Crippen MR) is 105 cm³/mol. The molecule has 0 saturated heterocycles. The Morgan fingerprint density at radius 1 is 1.15 bits per heavy atom. The molecule has 0 spiro atoms. The van der Waals surface area contributed by atoms with Crippen LogP contribution in [0.3, 0.4) is 0 Å². The highest BCUT2D eigenvalue weighted by molar-refractivity contribution is 7.15. The van der Waals surface area contributed by atoms with E-state index in [1.807, 2.05) is 37.3 Å². The van der Waals surface area contributed by atoms with Crippen LogP contribution in [0.1, 0.15) is 22.8 Å².